The molecule has 0 bridgehead atoms. The van der Waals surface area contributed by atoms with E-state index in [1.165, 1.54) is 18.2 Å². The smallest absolute Gasteiger partial charge is 0.340 e. The summed E-state index contributed by atoms with van der Waals surface area (Å²) in [5, 5.41) is 38.7. The molecule has 0 unspecified atom stereocenters. The number of hydrogen-bond donors (Lipinski definition) is 3. The number of rotatable bonds is 3. The van der Waals surface area contributed by atoms with Gasteiger partial charge in [0.1, 0.15) is 17.2 Å². The van der Waals surface area contributed by atoms with E-state index in [1.54, 1.807) is 50.2 Å². The number of phenolic OH excluding ortho intramolecular Hbond substituents is 3. The van der Waals surface area contributed by atoms with Crippen LogP contribution in [0.2, 0.25) is 0 Å². The number of ether oxygens (including phenoxy) is 1. The predicted octanol–water partition coefficient (Wildman–Crippen LogP) is 5.48. The van der Waals surface area contributed by atoms with Crippen molar-refractivity contribution in [1.82, 2.24) is 0 Å². The van der Waals surface area contributed by atoms with Gasteiger partial charge in [0.2, 0.25) is 0 Å². The van der Waals surface area contributed by atoms with E-state index in [1.807, 2.05) is 24.3 Å². The van der Waals surface area contributed by atoms with Crippen LogP contribution in [0.5, 0.6) is 17.2 Å². The van der Waals surface area contributed by atoms with E-state index in [9.17, 15) is 25.1 Å². The normalized spacial score (nSPS) is 13.2. The monoisotopic (exact) mass is 485 g/mol. The van der Waals surface area contributed by atoms with Crippen LogP contribution in [-0.4, -0.2) is 26.2 Å². The minimum absolute atomic E-state index is 0.0887. The van der Waals surface area contributed by atoms with Gasteiger partial charge in [-0.1, -0.05) is 36.4 Å². The Morgan fingerprint density at radius 1 is 0.778 bits per heavy atom. The SMILES string of the molecule is Cc1cc(C2(c3ccc(O)c(C)c3)OC(=O)c3ccccc32)ccc1O.O=[N+]([O-])c1cccc(O)c1. The van der Waals surface area contributed by atoms with Crippen LogP contribution in [0.1, 0.15) is 38.2 Å². The Labute approximate surface area is 206 Å². The van der Waals surface area contributed by atoms with E-state index in [0.717, 1.165) is 22.8 Å². The molecule has 1 aliphatic rings. The highest BCUT2D eigenvalue weighted by molar-refractivity contribution is 5.96. The van der Waals surface area contributed by atoms with Crippen LogP contribution in [-0.2, 0) is 10.3 Å². The summed E-state index contributed by atoms with van der Waals surface area (Å²) >= 11 is 0. The van der Waals surface area contributed by atoms with E-state index in [2.05, 4.69) is 0 Å². The van der Waals surface area contributed by atoms with Crippen molar-refractivity contribution in [3.63, 3.8) is 0 Å². The number of nitro groups is 1. The molecular weight excluding hydrogens is 462 g/mol. The number of benzene rings is 4. The molecule has 0 spiro atoms. The lowest BCUT2D eigenvalue weighted by atomic mass is 9.79. The first-order valence-corrected chi connectivity index (χ1v) is 11.0. The summed E-state index contributed by atoms with van der Waals surface area (Å²) in [5.41, 5.74) is 2.93. The van der Waals surface area contributed by atoms with Crippen molar-refractivity contribution in [2.75, 3.05) is 0 Å². The molecule has 0 aliphatic carbocycles. The topological polar surface area (TPSA) is 130 Å². The van der Waals surface area contributed by atoms with Gasteiger partial charge in [0.15, 0.2) is 5.60 Å². The number of aromatic hydroxyl groups is 3. The Morgan fingerprint density at radius 3 is 1.86 bits per heavy atom. The third-order valence-corrected chi connectivity index (χ3v) is 6.02. The van der Waals surface area contributed by atoms with Gasteiger partial charge in [0.25, 0.3) is 5.69 Å². The molecule has 0 saturated carbocycles. The molecule has 3 N–H and O–H groups in total. The van der Waals surface area contributed by atoms with Gasteiger partial charge in [0, 0.05) is 22.8 Å². The highest BCUT2D eigenvalue weighted by Gasteiger charge is 2.48. The van der Waals surface area contributed by atoms with Crippen LogP contribution in [0.3, 0.4) is 0 Å². The molecule has 182 valence electrons. The molecular formula is C28H23NO7. The average Bonchev–Trinajstić information content (AvgIpc) is 3.16. The van der Waals surface area contributed by atoms with Crippen molar-refractivity contribution in [2.24, 2.45) is 0 Å². The van der Waals surface area contributed by atoms with Crippen molar-refractivity contribution in [1.29, 1.82) is 0 Å². The van der Waals surface area contributed by atoms with Gasteiger partial charge >= 0.3 is 5.97 Å². The van der Waals surface area contributed by atoms with Crippen LogP contribution >= 0.6 is 0 Å². The first-order valence-electron chi connectivity index (χ1n) is 11.0. The van der Waals surface area contributed by atoms with Gasteiger partial charge in [-0.15, -0.1) is 0 Å². The van der Waals surface area contributed by atoms with E-state index in [-0.39, 0.29) is 22.9 Å². The summed E-state index contributed by atoms with van der Waals surface area (Å²) in [7, 11) is 0. The number of carbonyl (C=O) groups excluding carboxylic acids is 1. The highest BCUT2D eigenvalue weighted by Crippen LogP contribution is 2.48. The lowest BCUT2D eigenvalue weighted by Crippen LogP contribution is -2.29. The molecule has 0 aromatic heterocycles. The third-order valence-electron chi connectivity index (χ3n) is 6.02. The number of esters is 1. The summed E-state index contributed by atoms with van der Waals surface area (Å²) in [5.74, 6) is -0.113. The fourth-order valence-corrected chi connectivity index (χ4v) is 4.17. The van der Waals surface area contributed by atoms with Crippen LogP contribution in [0, 0.1) is 24.0 Å². The Bertz CT molecular complexity index is 1430. The molecule has 0 fully saturated rings. The number of nitrogens with zero attached hydrogens (tertiary/aromatic N) is 1. The second-order valence-corrected chi connectivity index (χ2v) is 8.40. The van der Waals surface area contributed by atoms with Crippen LogP contribution < -0.4 is 0 Å². The minimum atomic E-state index is -1.12. The number of fused-ring (bicyclic) bond motifs is 1. The third kappa shape index (κ3) is 4.32. The second-order valence-electron chi connectivity index (χ2n) is 8.40. The quantitative estimate of drug-likeness (QED) is 0.199. The van der Waals surface area contributed by atoms with Crippen molar-refractivity contribution in [3.8, 4) is 17.2 Å². The summed E-state index contributed by atoms with van der Waals surface area (Å²) in [6, 6.07) is 22.9. The summed E-state index contributed by atoms with van der Waals surface area (Å²) in [6.07, 6.45) is 0. The zero-order chi connectivity index (χ0) is 26.0. The van der Waals surface area contributed by atoms with E-state index < -0.39 is 16.5 Å². The van der Waals surface area contributed by atoms with Crippen LogP contribution in [0.25, 0.3) is 0 Å². The first kappa shape index (κ1) is 24.3. The molecule has 1 aliphatic heterocycles. The average molecular weight is 485 g/mol. The Balaban J connectivity index is 0.000000256. The zero-order valence-corrected chi connectivity index (χ0v) is 19.5. The maximum Gasteiger partial charge on any atom is 0.340 e. The van der Waals surface area contributed by atoms with Crippen molar-refractivity contribution >= 4 is 11.7 Å². The van der Waals surface area contributed by atoms with Gasteiger partial charge in [-0.3, -0.25) is 10.1 Å². The summed E-state index contributed by atoms with van der Waals surface area (Å²) in [6.45, 7) is 3.61. The predicted molar refractivity (Wildman–Crippen MR) is 132 cm³/mol. The van der Waals surface area contributed by atoms with Gasteiger partial charge in [-0.2, -0.15) is 0 Å². The maximum absolute atomic E-state index is 12.6. The Morgan fingerprint density at radius 2 is 1.36 bits per heavy atom. The number of cyclic esters (lactones) is 1. The van der Waals surface area contributed by atoms with E-state index >= 15 is 0 Å². The summed E-state index contributed by atoms with van der Waals surface area (Å²) < 4.78 is 5.98. The number of nitro benzene ring substituents is 1. The molecule has 5 rings (SSSR count). The standard InChI is InChI=1S/C22H18O4.C6H5NO3/c1-13-11-15(7-9-19(13)23)22(16-8-10-20(24)14(2)12-16)18-6-4-3-5-17(18)21(25)26-22;8-6-3-1-2-5(4-6)7(9)10/h3-12,23-24H,1-2H3;1-4,8H. The molecule has 8 nitrogen and oxygen atoms in total. The molecule has 0 radical (unpaired) electrons. The maximum atomic E-state index is 12.6. The zero-order valence-electron chi connectivity index (χ0n) is 19.5. The Hall–Kier alpha value is -4.85. The number of non-ortho nitro benzene ring substituents is 1. The largest absolute Gasteiger partial charge is 0.508 e. The molecule has 1 heterocycles. The first-order chi connectivity index (χ1) is 17.1. The molecule has 8 heteroatoms. The van der Waals surface area contributed by atoms with Gasteiger partial charge in [0.05, 0.1) is 16.6 Å². The number of carbonyl (C=O) groups is 1. The van der Waals surface area contributed by atoms with Crippen LogP contribution in [0.4, 0.5) is 5.69 Å². The molecule has 4 aromatic rings. The van der Waals surface area contributed by atoms with E-state index in [0.29, 0.717) is 16.7 Å². The number of hydrogen-bond acceptors (Lipinski definition) is 7. The second kappa shape index (κ2) is 9.42. The van der Waals surface area contributed by atoms with Crippen molar-refractivity contribution < 1.29 is 29.8 Å². The van der Waals surface area contributed by atoms with Gasteiger partial charge in [-0.05, 0) is 61.4 Å². The Kier molecular flexibility index (Phi) is 6.35. The fourth-order valence-electron chi connectivity index (χ4n) is 4.17. The minimum Gasteiger partial charge on any atom is -0.508 e. The molecule has 4 aromatic carbocycles. The van der Waals surface area contributed by atoms with Crippen molar-refractivity contribution in [2.45, 2.75) is 19.4 Å². The lowest BCUT2D eigenvalue weighted by Gasteiger charge is -2.31. The van der Waals surface area contributed by atoms with Gasteiger partial charge < -0.3 is 20.1 Å². The van der Waals surface area contributed by atoms with Crippen molar-refractivity contribution in [3.05, 3.63) is 128 Å². The highest BCUT2D eigenvalue weighted by atomic mass is 16.6. The number of phenols is 3. The molecule has 0 amide bonds. The summed E-state index contributed by atoms with van der Waals surface area (Å²) in [4.78, 5) is 22.1. The molecule has 0 saturated heterocycles. The van der Waals surface area contributed by atoms with Crippen LogP contribution in [0.15, 0.2) is 84.9 Å². The lowest BCUT2D eigenvalue weighted by molar-refractivity contribution is -0.384. The molecule has 0 atom stereocenters. The van der Waals surface area contributed by atoms with E-state index in [4.69, 9.17) is 9.84 Å². The van der Waals surface area contributed by atoms with Gasteiger partial charge in [-0.25, -0.2) is 4.79 Å². The molecule has 36 heavy (non-hydrogen) atoms. The fraction of sp³-hybridized carbons (Fsp3) is 0.107. The number of aryl methyl sites for hydroxylation is 2.